The van der Waals surface area contributed by atoms with Gasteiger partial charge in [-0.15, -0.1) is 0 Å². The zero-order valence-corrected chi connectivity index (χ0v) is 12.1. The molecule has 2 heterocycles. The number of hydrogen-bond acceptors (Lipinski definition) is 4. The highest BCUT2D eigenvalue weighted by molar-refractivity contribution is 6.04. The van der Waals surface area contributed by atoms with Crippen molar-refractivity contribution >= 4 is 17.7 Å². The standard InChI is InChI=1S/C13H17N5O3/c1-8(2)12-9(6-17(3)16-12)13(21)14-10-4-5-18(15-10)7-11(19)20/h4-6,8H,7H2,1-3H3,(H,19,20)(H,14,15,21). The summed E-state index contributed by atoms with van der Waals surface area (Å²) in [5.41, 5.74) is 1.19. The Bertz CT molecular complexity index is 671. The van der Waals surface area contributed by atoms with Crippen molar-refractivity contribution in [3.8, 4) is 0 Å². The molecule has 0 bridgehead atoms. The first-order valence-corrected chi connectivity index (χ1v) is 6.47. The molecule has 1 amide bonds. The molecule has 8 nitrogen and oxygen atoms in total. The van der Waals surface area contributed by atoms with Crippen LogP contribution in [-0.4, -0.2) is 36.5 Å². The van der Waals surface area contributed by atoms with Crippen molar-refractivity contribution in [1.29, 1.82) is 0 Å². The molecule has 0 aromatic carbocycles. The van der Waals surface area contributed by atoms with E-state index in [-0.39, 0.29) is 18.4 Å². The lowest BCUT2D eigenvalue weighted by molar-refractivity contribution is -0.137. The van der Waals surface area contributed by atoms with Crippen LogP contribution in [0.3, 0.4) is 0 Å². The van der Waals surface area contributed by atoms with Crippen molar-refractivity contribution in [2.75, 3.05) is 5.32 Å². The van der Waals surface area contributed by atoms with Crippen molar-refractivity contribution in [2.45, 2.75) is 26.3 Å². The predicted molar refractivity (Wildman–Crippen MR) is 75.1 cm³/mol. The lowest BCUT2D eigenvalue weighted by atomic mass is 10.1. The smallest absolute Gasteiger partial charge is 0.325 e. The van der Waals surface area contributed by atoms with E-state index in [1.54, 1.807) is 24.0 Å². The summed E-state index contributed by atoms with van der Waals surface area (Å²) >= 11 is 0. The van der Waals surface area contributed by atoms with Gasteiger partial charge in [0.15, 0.2) is 5.82 Å². The number of anilines is 1. The van der Waals surface area contributed by atoms with E-state index in [1.165, 1.54) is 10.9 Å². The Hall–Kier alpha value is -2.64. The topological polar surface area (TPSA) is 102 Å². The first-order valence-electron chi connectivity index (χ1n) is 6.47. The number of nitrogens with one attached hydrogen (secondary N) is 1. The maximum atomic E-state index is 12.3. The van der Waals surface area contributed by atoms with Gasteiger partial charge in [0.05, 0.1) is 11.3 Å². The van der Waals surface area contributed by atoms with Gasteiger partial charge in [-0.25, -0.2) is 0 Å². The Labute approximate surface area is 121 Å². The molecule has 21 heavy (non-hydrogen) atoms. The van der Waals surface area contributed by atoms with E-state index < -0.39 is 5.97 Å². The molecule has 0 unspecified atom stereocenters. The van der Waals surface area contributed by atoms with Crippen molar-refractivity contribution in [3.05, 3.63) is 29.7 Å². The van der Waals surface area contributed by atoms with Crippen LogP contribution in [0.2, 0.25) is 0 Å². The van der Waals surface area contributed by atoms with Crippen LogP contribution < -0.4 is 5.32 Å². The third-order valence-corrected chi connectivity index (χ3v) is 2.83. The molecule has 0 aliphatic heterocycles. The molecule has 0 atom stereocenters. The minimum absolute atomic E-state index is 0.122. The zero-order chi connectivity index (χ0) is 15.6. The van der Waals surface area contributed by atoms with Crippen LogP contribution in [0.5, 0.6) is 0 Å². The second kappa shape index (κ2) is 5.78. The van der Waals surface area contributed by atoms with E-state index >= 15 is 0 Å². The molecule has 0 radical (unpaired) electrons. The fourth-order valence-electron chi connectivity index (χ4n) is 1.95. The number of amides is 1. The van der Waals surface area contributed by atoms with Gasteiger partial charge < -0.3 is 10.4 Å². The van der Waals surface area contributed by atoms with Crippen LogP contribution >= 0.6 is 0 Å². The quantitative estimate of drug-likeness (QED) is 0.858. The summed E-state index contributed by atoms with van der Waals surface area (Å²) < 4.78 is 2.83. The van der Waals surface area contributed by atoms with Gasteiger partial charge >= 0.3 is 5.97 Å². The molecule has 0 aliphatic rings. The van der Waals surface area contributed by atoms with Crippen LogP contribution in [0.15, 0.2) is 18.5 Å². The second-order valence-corrected chi connectivity index (χ2v) is 5.00. The number of rotatable bonds is 5. The van der Waals surface area contributed by atoms with Gasteiger partial charge in [0.25, 0.3) is 5.91 Å². The molecule has 0 spiro atoms. The molecule has 2 N–H and O–H groups in total. The van der Waals surface area contributed by atoms with Crippen LogP contribution in [0.25, 0.3) is 0 Å². The average Bonchev–Trinajstić information content (AvgIpc) is 2.95. The average molecular weight is 291 g/mol. The Morgan fingerprint density at radius 1 is 1.38 bits per heavy atom. The van der Waals surface area contributed by atoms with E-state index in [2.05, 4.69) is 15.5 Å². The molecule has 8 heteroatoms. The molecular formula is C13H17N5O3. The molecule has 2 aromatic heterocycles. The van der Waals surface area contributed by atoms with E-state index in [4.69, 9.17) is 5.11 Å². The Balaban J connectivity index is 2.14. The number of carboxylic acid groups (broad SMARTS) is 1. The predicted octanol–water partition coefficient (Wildman–Crippen LogP) is 1.08. The number of aromatic nitrogens is 4. The SMILES string of the molecule is CC(C)c1nn(C)cc1C(=O)Nc1ccn(CC(=O)O)n1. The van der Waals surface area contributed by atoms with Crippen molar-refractivity contribution < 1.29 is 14.7 Å². The number of carbonyl (C=O) groups is 2. The molecule has 0 fully saturated rings. The van der Waals surface area contributed by atoms with E-state index in [1.807, 2.05) is 13.8 Å². The highest BCUT2D eigenvalue weighted by atomic mass is 16.4. The van der Waals surface area contributed by atoms with E-state index in [9.17, 15) is 9.59 Å². The second-order valence-electron chi connectivity index (χ2n) is 5.00. The highest BCUT2D eigenvalue weighted by Crippen LogP contribution is 2.18. The summed E-state index contributed by atoms with van der Waals surface area (Å²) in [6.45, 7) is 3.67. The summed E-state index contributed by atoms with van der Waals surface area (Å²) in [4.78, 5) is 22.8. The highest BCUT2D eigenvalue weighted by Gasteiger charge is 2.18. The van der Waals surface area contributed by atoms with Gasteiger partial charge in [-0.05, 0) is 5.92 Å². The molecule has 0 saturated carbocycles. The summed E-state index contributed by atoms with van der Waals surface area (Å²) in [6.07, 6.45) is 3.15. The molecule has 2 aromatic rings. The van der Waals surface area contributed by atoms with E-state index in [0.29, 0.717) is 17.1 Å². The maximum Gasteiger partial charge on any atom is 0.325 e. The molecule has 0 saturated heterocycles. The van der Waals surface area contributed by atoms with E-state index in [0.717, 1.165) is 0 Å². The Morgan fingerprint density at radius 3 is 2.71 bits per heavy atom. The van der Waals surface area contributed by atoms with Gasteiger partial charge in [-0.2, -0.15) is 10.2 Å². The van der Waals surface area contributed by atoms with Gasteiger partial charge in [0, 0.05) is 25.5 Å². The van der Waals surface area contributed by atoms with Gasteiger partial charge in [0.1, 0.15) is 6.54 Å². The van der Waals surface area contributed by atoms with Crippen LogP contribution in [0.4, 0.5) is 5.82 Å². The number of carboxylic acids is 1. The number of aliphatic carboxylic acids is 1. The zero-order valence-electron chi connectivity index (χ0n) is 12.1. The normalized spacial score (nSPS) is 10.9. The number of hydrogen-bond donors (Lipinski definition) is 2. The summed E-state index contributed by atoms with van der Waals surface area (Å²) in [5, 5.41) is 19.6. The fraction of sp³-hybridized carbons (Fsp3) is 0.385. The lowest BCUT2D eigenvalue weighted by Gasteiger charge is -2.04. The molecular weight excluding hydrogens is 274 g/mol. The largest absolute Gasteiger partial charge is 0.480 e. The van der Waals surface area contributed by atoms with Crippen LogP contribution in [-0.2, 0) is 18.4 Å². The summed E-state index contributed by atoms with van der Waals surface area (Å²) in [5.74, 6) is -0.881. The monoisotopic (exact) mass is 291 g/mol. The Kier molecular flexibility index (Phi) is 4.06. The summed E-state index contributed by atoms with van der Waals surface area (Å²) in [6, 6.07) is 1.55. The first-order chi connectivity index (χ1) is 9.86. The lowest BCUT2D eigenvalue weighted by Crippen LogP contribution is -2.15. The Morgan fingerprint density at radius 2 is 2.10 bits per heavy atom. The fourth-order valence-corrected chi connectivity index (χ4v) is 1.95. The molecule has 0 aliphatic carbocycles. The van der Waals surface area contributed by atoms with Crippen molar-refractivity contribution in [3.63, 3.8) is 0 Å². The number of nitrogens with zero attached hydrogens (tertiary/aromatic N) is 4. The minimum atomic E-state index is -0.995. The third kappa shape index (κ3) is 3.47. The third-order valence-electron chi connectivity index (χ3n) is 2.83. The minimum Gasteiger partial charge on any atom is -0.480 e. The van der Waals surface area contributed by atoms with Crippen LogP contribution in [0, 0.1) is 0 Å². The summed E-state index contributed by atoms with van der Waals surface area (Å²) in [7, 11) is 1.75. The van der Waals surface area contributed by atoms with Gasteiger partial charge in [-0.1, -0.05) is 13.8 Å². The van der Waals surface area contributed by atoms with Gasteiger partial charge in [-0.3, -0.25) is 19.0 Å². The van der Waals surface area contributed by atoms with Crippen LogP contribution in [0.1, 0.15) is 35.8 Å². The maximum absolute atomic E-state index is 12.3. The first kappa shape index (κ1) is 14.8. The molecule has 2 rings (SSSR count). The van der Waals surface area contributed by atoms with Crippen molar-refractivity contribution in [2.24, 2.45) is 7.05 Å². The molecule has 112 valence electrons. The number of aryl methyl sites for hydroxylation is 1. The number of carbonyl (C=O) groups excluding carboxylic acids is 1. The van der Waals surface area contributed by atoms with Gasteiger partial charge in [0.2, 0.25) is 0 Å². The van der Waals surface area contributed by atoms with Crippen molar-refractivity contribution in [1.82, 2.24) is 19.6 Å².